The third-order valence-electron chi connectivity index (χ3n) is 6.11. The van der Waals surface area contributed by atoms with Gasteiger partial charge in [-0.15, -0.1) is 0 Å². The van der Waals surface area contributed by atoms with Gasteiger partial charge in [-0.05, 0) is 68.8 Å². The molecular weight excluding hydrogens is 522 g/mol. The number of amides is 3. The van der Waals surface area contributed by atoms with Crippen LogP contribution in [0.4, 0.5) is 11.4 Å². The molecule has 0 saturated carbocycles. The number of ether oxygens (including phenoxy) is 1. The number of nitrogens with zero attached hydrogens (tertiary/aromatic N) is 1. The van der Waals surface area contributed by atoms with E-state index in [1.54, 1.807) is 49.4 Å². The summed E-state index contributed by atoms with van der Waals surface area (Å²) in [4.78, 5) is 51.8. The second kappa shape index (κ2) is 11.4. The minimum Gasteiger partial charge on any atom is -0.465 e. The highest BCUT2D eigenvalue weighted by Gasteiger charge is 2.38. The average molecular weight is 548 g/mol. The minimum absolute atomic E-state index is 0.0655. The molecular formula is C29H26ClN3O6. The monoisotopic (exact) mass is 547 g/mol. The van der Waals surface area contributed by atoms with Crippen molar-refractivity contribution in [1.82, 2.24) is 5.32 Å². The summed E-state index contributed by atoms with van der Waals surface area (Å²) >= 11 is 6.27. The Morgan fingerprint density at radius 1 is 1.00 bits per heavy atom. The number of rotatable bonds is 6. The van der Waals surface area contributed by atoms with Crippen LogP contribution < -0.4 is 15.5 Å². The van der Waals surface area contributed by atoms with Crippen molar-refractivity contribution in [2.75, 3.05) is 17.3 Å². The number of carbonyl (C=O) groups excluding carboxylic acids is 4. The lowest BCUT2D eigenvalue weighted by molar-refractivity contribution is -0.136. The van der Waals surface area contributed by atoms with Crippen molar-refractivity contribution < 1.29 is 28.3 Å². The number of methoxy groups -OCH3 is 1. The molecule has 39 heavy (non-hydrogen) atoms. The first kappa shape index (κ1) is 27.4. The average Bonchev–Trinajstić information content (AvgIpc) is 3.46. The van der Waals surface area contributed by atoms with Crippen LogP contribution in [0.1, 0.15) is 29.6 Å². The highest BCUT2D eigenvalue weighted by atomic mass is 35.5. The van der Waals surface area contributed by atoms with Crippen LogP contribution in [0.3, 0.4) is 0 Å². The zero-order chi connectivity index (χ0) is 28.3. The largest absolute Gasteiger partial charge is 0.465 e. The first-order valence-electron chi connectivity index (χ1n) is 12.0. The number of anilines is 2. The molecule has 2 N–H and O–H groups in total. The third-order valence-corrected chi connectivity index (χ3v) is 6.52. The molecule has 3 amide bonds. The number of allylic oxidation sites excluding steroid dienone is 1. The number of hydrogen-bond acceptors (Lipinski definition) is 6. The number of hydrogen-bond donors (Lipinski definition) is 2. The molecule has 0 bridgehead atoms. The van der Waals surface area contributed by atoms with Crippen LogP contribution in [-0.2, 0) is 30.5 Å². The lowest BCUT2D eigenvalue weighted by Gasteiger charge is -2.18. The predicted molar refractivity (Wildman–Crippen MR) is 147 cm³/mol. The van der Waals surface area contributed by atoms with Gasteiger partial charge in [0.1, 0.15) is 11.5 Å². The zero-order valence-corrected chi connectivity index (χ0v) is 22.5. The van der Waals surface area contributed by atoms with Gasteiger partial charge < -0.3 is 19.8 Å². The molecule has 0 aliphatic carbocycles. The lowest BCUT2D eigenvalue weighted by Crippen LogP contribution is -2.34. The third kappa shape index (κ3) is 5.94. The van der Waals surface area contributed by atoms with Crippen LogP contribution in [-0.4, -0.2) is 30.8 Å². The molecule has 0 saturated heterocycles. The van der Waals surface area contributed by atoms with E-state index in [2.05, 4.69) is 10.6 Å². The summed E-state index contributed by atoms with van der Waals surface area (Å²) in [6.45, 7) is 5.34. The Hall–Kier alpha value is -4.63. The molecule has 0 unspecified atom stereocenters. The second-order valence-electron chi connectivity index (χ2n) is 8.89. The fraction of sp³-hybridized carbons (Fsp3) is 0.172. The summed E-state index contributed by atoms with van der Waals surface area (Å²) in [5.74, 6) is -2.17. The SMILES string of the molecule is COC(=O)C1=C(C)N(c2ccc(C)c(Cl)c2)C(=O)/C1=C\c1ccc(CNC(=O)C(=O)Nc2ccc(C)cc2)o1. The Bertz CT molecular complexity index is 1530. The van der Waals surface area contributed by atoms with E-state index < -0.39 is 23.7 Å². The molecule has 1 aliphatic rings. The van der Waals surface area contributed by atoms with Crippen molar-refractivity contribution in [2.45, 2.75) is 27.3 Å². The summed E-state index contributed by atoms with van der Waals surface area (Å²) in [7, 11) is 1.23. The molecule has 4 rings (SSSR count). The van der Waals surface area contributed by atoms with E-state index in [4.69, 9.17) is 20.8 Å². The van der Waals surface area contributed by atoms with Gasteiger partial charge in [0.25, 0.3) is 5.91 Å². The summed E-state index contributed by atoms with van der Waals surface area (Å²) in [5, 5.41) is 5.50. The van der Waals surface area contributed by atoms with Gasteiger partial charge in [0, 0.05) is 16.4 Å². The van der Waals surface area contributed by atoms with E-state index in [9.17, 15) is 19.2 Å². The Balaban J connectivity index is 1.50. The molecule has 1 aromatic heterocycles. The highest BCUT2D eigenvalue weighted by Crippen LogP contribution is 2.37. The fourth-order valence-electron chi connectivity index (χ4n) is 3.99. The standard InChI is InChI=1S/C29H26ClN3O6/c1-16-5-8-19(9-6-16)32-27(35)26(34)31-15-22-12-11-21(39-22)14-23-25(29(37)38-4)18(3)33(28(23)36)20-10-7-17(2)24(30)13-20/h5-14H,15H2,1-4H3,(H,31,34)(H,32,35)/b23-14-. The highest BCUT2D eigenvalue weighted by molar-refractivity contribution is 6.39. The summed E-state index contributed by atoms with van der Waals surface area (Å²) < 4.78 is 10.7. The topological polar surface area (TPSA) is 118 Å². The van der Waals surface area contributed by atoms with E-state index >= 15 is 0 Å². The van der Waals surface area contributed by atoms with Gasteiger partial charge in [0.05, 0.1) is 30.5 Å². The molecule has 9 nitrogen and oxygen atoms in total. The predicted octanol–water partition coefficient (Wildman–Crippen LogP) is 4.68. The van der Waals surface area contributed by atoms with Gasteiger partial charge in [-0.3, -0.25) is 19.3 Å². The Labute approximate surface area is 230 Å². The van der Waals surface area contributed by atoms with E-state index in [1.165, 1.54) is 18.1 Å². The molecule has 0 fully saturated rings. The van der Waals surface area contributed by atoms with E-state index in [0.717, 1.165) is 11.1 Å². The van der Waals surface area contributed by atoms with Gasteiger partial charge in [0.15, 0.2) is 0 Å². The van der Waals surface area contributed by atoms with E-state index in [-0.39, 0.29) is 23.5 Å². The summed E-state index contributed by atoms with van der Waals surface area (Å²) in [6, 6.07) is 15.4. The van der Waals surface area contributed by atoms with Crippen LogP contribution in [0, 0.1) is 13.8 Å². The maximum atomic E-state index is 13.4. The molecule has 200 valence electrons. The maximum absolute atomic E-state index is 13.4. The number of esters is 1. The van der Waals surface area contributed by atoms with Crippen LogP contribution in [0.25, 0.3) is 6.08 Å². The van der Waals surface area contributed by atoms with Gasteiger partial charge in [0.2, 0.25) is 0 Å². The zero-order valence-electron chi connectivity index (χ0n) is 21.8. The summed E-state index contributed by atoms with van der Waals surface area (Å²) in [6.07, 6.45) is 1.43. The lowest BCUT2D eigenvalue weighted by atomic mass is 10.1. The van der Waals surface area contributed by atoms with Crippen molar-refractivity contribution in [3.8, 4) is 0 Å². The number of furan rings is 1. The normalized spacial score (nSPS) is 14.1. The van der Waals surface area contributed by atoms with Crippen LogP contribution in [0.15, 0.2) is 75.9 Å². The Morgan fingerprint density at radius 3 is 2.38 bits per heavy atom. The van der Waals surface area contributed by atoms with Crippen molar-refractivity contribution in [3.05, 3.63) is 99.1 Å². The van der Waals surface area contributed by atoms with Gasteiger partial charge in [-0.2, -0.15) is 0 Å². The second-order valence-corrected chi connectivity index (χ2v) is 9.30. The quantitative estimate of drug-likeness (QED) is 0.263. The number of benzene rings is 2. The molecule has 1 aliphatic heterocycles. The molecule has 2 heterocycles. The van der Waals surface area contributed by atoms with Crippen LogP contribution >= 0.6 is 11.6 Å². The van der Waals surface area contributed by atoms with Crippen molar-refractivity contribution in [1.29, 1.82) is 0 Å². The van der Waals surface area contributed by atoms with Gasteiger partial charge in [-0.1, -0.05) is 35.4 Å². The molecule has 0 atom stereocenters. The van der Waals surface area contributed by atoms with Crippen molar-refractivity contribution in [2.24, 2.45) is 0 Å². The maximum Gasteiger partial charge on any atom is 0.340 e. The van der Waals surface area contributed by atoms with Crippen molar-refractivity contribution in [3.63, 3.8) is 0 Å². The minimum atomic E-state index is -0.836. The van der Waals surface area contributed by atoms with Crippen LogP contribution in [0.2, 0.25) is 5.02 Å². The molecule has 10 heteroatoms. The molecule has 2 aromatic carbocycles. The fourth-order valence-corrected chi connectivity index (χ4v) is 4.17. The summed E-state index contributed by atoms with van der Waals surface area (Å²) in [5.41, 5.74) is 3.44. The molecule has 0 spiro atoms. The van der Waals surface area contributed by atoms with E-state index in [0.29, 0.717) is 27.9 Å². The molecule has 0 radical (unpaired) electrons. The first-order chi connectivity index (χ1) is 18.6. The first-order valence-corrected chi connectivity index (χ1v) is 12.3. The number of carbonyl (C=O) groups is 4. The van der Waals surface area contributed by atoms with Gasteiger partial charge in [-0.25, -0.2) is 4.79 Å². The van der Waals surface area contributed by atoms with Crippen molar-refractivity contribution >= 4 is 52.7 Å². The number of halogens is 1. The number of aryl methyl sites for hydroxylation is 2. The molecule has 3 aromatic rings. The number of nitrogens with one attached hydrogen (secondary N) is 2. The Morgan fingerprint density at radius 2 is 1.72 bits per heavy atom. The van der Waals surface area contributed by atoms with Gasteiger partial charge >= 0.3 is 17.8 Å². The smallest absolute Gasteiger partial charge is 0.340 e. The van der Waals surface area contributed by atoms with E-state index in [1.807, 2.05) is 26.0 Å². The van der Waals surface area contributed by atoms with Crippen LogP contribution in [0.5, 0.6) is 0 Å². The Kier molecular flexibility index (Phi) is 8.01.